The molecule has 2 N–H and O–H groups in total. The van der Waals surface area contributed by atoms with E-state index in [-0.39, 0.29) is 17.9 Å². The van der Waals surface area contributed by atoms with Gasteiger partial charge in [0.1, 0.15) is 42.3 Å². The van der Waals surface area contributed by atoms with Gasteiger partial charge in [0.15, 0.2) is 16.7 Å². The fourth-order valence-electron chi connectivity index (χ4n) is 10.9. The van der Waals surface area contributed by atoms with Crippen molar-refractivity contribution in [1.29, 1.82) is 0 Å². The molecule has 2 aliphatic rings. The summed E-state index contributed by atoms with van der Waals surface area (Å²) in [6.45, 7) is 13.3. The second-order valence-corrected chi connectivity index (χ2v) is 21.3. The molecule has 20 nitrogen and oxygen atoms in total. The molecule has 2 saturated heterocycles. The van der Waals surface area contributed by atoms with Crippen LogP contribution >= 0.6 is 0 Å². The number of imidazole rings is 1. The van der Waals surface area contributed by atoms with E-state index in [1.165, 1.54) is 11.6 Å². The number of carbonyl (C=O) groups excluding carboxylic acids is 2. The Kier molecular flexibility index (Phi) is 14.7. The van der Waals surface area contributed by atoms with E-state index < -0.39 is 0 Å². The fourth-order valence-corrected chi connectivity index (χ4v) is 10.9. The molecule has 0 radical (unpaired) electrons. The van der Waals surface area contributed by atoms with Crippen LogP contribution in [0, 0.1) is 6.92 Å². The first-order chi connectivity index (χ1) is 39.9. The number of ether oxygens (including phenoxy) is 1. The number of fused-ring (bicyclic) bond motifs is 4. The van der Waals surface area contributed by atoms with Crippen LogP contribution in [0.1, 0.15) is 29.2 Å². The van der Waals surface area contributed by atoms with Gasteiger partial charge in [0.2, 0.25) is 11.8 Å². The first-order valence-electron chi connectivity index (χ1n) is 27.5. The number of pyridine rings is 2. The summed E-state index contributed by atoms with van der Waals surface area (Å²) in [5.74, 6) is 3.30. The zero-order valence-corrected chi connectivity index (χ0v) is 46.6. The number of hydrogen-bond donors (Lipinski definition) is 2. The average molecular weight is 1100 g/mol. The topological polar surface area (TPSA) is 187 Å². The van der Waals surface area contributed by atoms with E-state index in [4.69, 9.17) is 19.7 Å². The molecule has 2 amide bonds. The zero-order chi connectivity index (χ0) is 56.4. The van der Waals surface area contributed by atoms with Crippen LogP contribution in [0.5, 0.6) is 11.5 Å². The van der Waals surface area contributed by atoms with Crippen LogP contribution in [-0.4, -0.2) is 143 Å². The lowest BCUT2D eigenvalue weighted by Crippen LogP contribution is -2.53. The van der Waals surface area contributed by atoms with E-state index in [1.54, 1.807) is 29.6 Å². The van der Waals surface area contributed by atoms with Crippen molar-refractivity contribution in [2.75, 3.05) is 86.9 Å². The number of carbonyl (C=O) groups is 2. The second kappa shape index (κ2) is 22.7. The van der Waals surface area contributed by atoms with Crippen LogP contribution in [0.3, 0.4) is 0 Å². The third-order valence-electron chi connectivity index (χ3n) is 15.4. The Morgan fingerprint density at radius 2 is 1.62 bits per heavy atom. The molecule has 0 spiro atoms. The van der Waals surface area contributed by atoms with Gasteiger partial charge in [-0.3, -0.25) is 9.59 Å². The molecule has 4 aromatic carbocycles. The molecule has 2 aliphatic heterocycles. The van der Waals surface area contributed by atoms with Crippen molar-refractivity contribution in [3.05, 3.63) is 176 Å². The Hall–Kier alpha value is -9.82. The molecule has 6 aromatic heterocycles. The minimum absolute atomic E-state index is 0.0152. The molecule has 414 valence electrons. The normalized spacial score (nSPS) is 14.9. The molecular weight excluding hydrogens is 1030 g/mol. The molecule has 20 heteroatoms. The Balaban J connectivity index is 0.883. The van der Waals surface area contributed by atoms with E-state index in [0.717, 1.165) is 79.1 Å². The zero-order valence-electron chi connectivity index (χ0n) is 46.6. The summed E-state index contributed by atoms with van der Waals surface area (Å²) in [5.41, 5.74) is 12.0. The van der Waals surface area contributed by atoms with E-state index in [2.05, 4.69) is 126 Å². The highest BCUT2D eigenvalue weighted by atomic mass is 16.5. The third-order valence-corrected chi connectivity index (χ3v) is 15.4. The molecule has 82 heavy (non-hydrogen) atoms. The lowest BCUT2D eigenvalue weighted by atomic mass is 10.0. The first-order valence-corrected chi connectivity index (χ1v) is 27.5. The summed E-state index contributed by atoms with van der Waals surface area (Å²) in [4.78, 5) is 64.9. The highest BCUT2D eigenvalue weighted by Gasteiger charge is 2.28. The average Bonchev–Trinajstić information content (AvgIpc) is 4.26. The summed E-state index contributed by atoms with van der Waals surface area (Å²) in [7, 11) is 5.94. The molecule has 0 aliphatic carbocycles. The Morgan fingerprint density at radius 3 is 2.45 bits per heavy atom. The molecule has 1 atom stereocenters. The number of aryl methyl sites for hydroxylation is 2. The molecule has 12 rings (SSSR count). The number of likely N-dealkylation sites (N-methyl/N-ethyl adjacent to an activating group) is 1. The SMILES string of the molecule is C=CC(=O)N1CCN(c2ccc3ncnc(Nc4ccc(Oc5ccc6c(c5)ncn6C)c(C[n+]5cnc(Nc6ccc(Cc7ccn8ncnc8c7)c(C)c6)c6nc(N7CCN(C(=O)/C=C/CN(C)C)CC7)ccc65)c4)c3c2)[C@@H](C)C1. The van der Waals surface area contributed by atoms with Crippen LogP contribution in [0.25, 0.3) is 38.6 Å². The molecule has 8 heterocycles. The van der Waals surface area contributed by atoms with Crippen molar-refractivity contribution in [3.63, 3.8) is 0 Å². The van der Waals surface area contributed by atoms with Crippen LogP contribution < -0.4 is 29.7 Å². The van der Waals surface area contributed by atoms with Crippen molar-refractivity contribution in [2.45, 2.75) is 32.9 Å². The van der Waals surface area contributed by atoms with E-state index >= 15 is 0 Å². The molecular formula is C62H64N17O3+. The predicted molar refractivity (Wildman–Crippen MR) is 319 cm³/mol. The lowest BCUT2D eigenvalue weighted by Gasteiger charge is -2.41. The Bertz CT molecular complexity index is 4090. The standard InChI is InChI=1S/C62H63N17O3/c1-7-58(80)76-27-28-78(42(3)35-76)48-13-15-51-50(33-48)61(65-37-63-51)69-47-12-18-55(82-49-14-16-53-52(34-49)66-39-73(53)6)45(32-47)36-77-40-67-62(70-46-11-10-44(41(2)29-46)30-43-20-22-79-57(31-43)64-38-68-79)60-54(77)17-19-56(71-60)74-23-25-75(26-24-74)59(81)9-8-21-72(4)5/h7-20,22,29,31-34,37-40,42H,1,21,23-28,30,35-36H2,2-6H3,(H,63,65,69)/p+1/b9-8+/t42-/m0/s1. The molecule has 0 unspecified atom stereocenters. The van der Waals surface area contributed by atoms with Gasteiger partial charge < -0.3 is 44.4 Å². The smallest absolute Gasteiger partial charge is 0.289 e. The first kappa shape index (κ1) is 52.9. The predicted octanol–water partition coefficient (Wildman–Crippen LogP) is 8.01. The van der Waals surface area contributed by atoms with Crippen LogP contribution in [0.4, 0.5) is 34.5 Å². The van der Waals surface area contributed by atoms with Crippen LogP contribution in [0.15, 0.2) is 153 Å². The van der Waals surface area contributed by atoms with Gasteiger partial charge in [0.05, 0.1) is 22.9 Å². The second-order valence-electron chi connectivity index (χ2n) is 21.3. The van der Waals surface area contributed by atoms with Gasteiger partial charge in [0.25, 0.3) is 12.1 Å². The summed E-state index contributed by atoms with van der Waals surface area (Å²) in [5, 5.41) is 12.4. The largest absolute Gasteiger partial charge is 0.457 e. The van der Waals surface area contributed by atoms with Gasteiger partial charge in [-0.05, 0) is 147 Å². The molecule has 10 aromatic rings. The van der Waals surface area contributed by atoms with Crippen molar-refractivity contribution in [3.8, 4) is 11.5 Å². The maximum absolute atomic E-state index is 13.2. The monoisotopic (exact) mass is 1090 g/mol. The maximum Gasteiger partial charge on any atom is 0.289 e. The number of nitrogens with zero attached hydrogens (tertiary/aromatic N) is 15. The van der Waals surface area contributed by atoms with Crippen molar-refractivity contribution < 1.29 is 18.9 Å². The summed E-state index contributed by atoms with van der Waals surface area (Å²) < 4.78 is 12.6. The number of amides is 2. The van der Waals surface area contributed by atoms with Gasteiger partial charge in [-0.2, -0.15) is 5.10 Å². The fraction of sp³-hybridized carbons (Fsp3) is 0.258. The number of rotatable bonds is 16. The highest BCUT2D eigenvalue weighted by molar-refractivity contribution is 5.94. The van der Waals surface area contributed by atoms with Gasteiger partial charge >= 0.3 is 0 Å². The summed E-state index contributed by atoms with van der Waals surface area (Å²) in [6, 6.07) is 33.0. The van der Waals surface area contributed by atoms with Crippen molar-refractivity contribution in [1.82, 2.24) is 58.8 Å². The van der Waals surface area contributed by atoms with Crippen molar-refractivity contribution >= 4 is 84.9 Å². The Labute approximate surface area is 474 Å². The number of benzene rings is 4. The number of nitrogens with one attached hydrogen (secondary N) is 2. The van der Waals surface area contributed by atoms with Gasteiger partial charge in [-0.25, -0.2) is 34.0 Å². The van der Waals surface area contributed by atoms with Gasteiger partial charge in [-0.15, -0.1) is 0 Å². The molecule has 2 fully saturated rings. The van der Waals surface area contributed by atoms with Crippen molar-refractivity contribution in [2.24, 2.45) is 7.05 Å². The van der Waals surface area contributed by atoms with E-state index in [9.17, 15) is 9.59 Å². The number of anilines is 6. The number of piperazine rings is 2. The Morgan fingerprint density at radius 1 is 0.793 bits per heavy atom. The number of hydrogen-bond acceptors (Lipinski definition) is 15. The lowest BCUT2D eigenvalue weighted by molar-refractivity contribution is -0.665. The minimum atomic E-state index is -0.0544. The molecule has 0 saturated carbocycles. The summed E-state index contributed by atoms with van der Waals surface area (Å²) in [6.07, 6.45) is 14.4. The molecule has 0 bridgehead atoms. The minimum Gasteiger partial charge on any atom is -0.457 e. The highest BCUT2D eigenvalue weighted by Crippen LogP contribution is 2.35. The quantitative estimate of drug-likeness (QED) is 0.0700. The maximum atomic E-state index is 13.2. The van der Waals surface area contributed by atoms with Gasteiger partial charge in [-0.1, -0.05) is 18.7 Å². The van der Waals surface area contributed by atoms with Gasteiger partial charge in [0, 0.05) is 112 Å². The summed E-state index contributed by atoms with van der Waals surface area (Å²) >= 11 is 0. The van der Waals surface area contributed by atoms with Crippen LogP contribution in [-0.2, 0) is 29.6 Å². The number of aromatic nitrogens is 10. The van der Waals surface area contributed by atoms with E-state index in [1.807, 2.05) is 95.4 Å². The third kappa shape index (κ3) is 11.2. The van der Waals surface area contributed by atoms with E-state index in [0.29, 0.717) is 87.6 Å². The van der Waals surface area contributed by atoms with Crippen LogP contribution in [0.2, 0.25) is 0 Å².